The molecule has 1 aliphatic rings. The molecule has 0 aromatic carbocycles. The Morgan fingerprint density at radius 2 is 2.43 bits per heavy atom. The van der Waals surface area contributed by atoms with Gasteiger partial charge in [-0.2, -0.15) is 0 Å². The zero-order valence-corrected chi connectivity index (χ0v) is 13.4. The van der Waals surface area contributed by atoms with Gasteiger partial charge in [-0.1, -0.05) is 4.49 Å². The third-order valence-electron chi connectivity index (χ3n) is 3.88. The topological polar surface area (TPSA) is 94.7 Å². The van der Waals surface area contributed by atoms with Crippen LogP contribution in [0.15, 0.2) is 29.0 Å². The third kappa shape index (κ3) is 4.06. The fraction of sp³-hybridized carbons (Fsp3) is 0.500. The lowest BCUT2D eigenvalue weighted by molar-refractivity contribution is 0.0669. The Labute approximate surface area is 137 Å². The van der Waals surface area contributed by atoms with E-state index in [4.69, 9.17) is 4.42 Å². The number of anilines is 1. The molecule has 23 heavy (non-hydrogen) atoms. The second-order valence-corrected chi connectivity index (χ2v) is 6.16. The lowest BCUT2D eigenvalue weighted by Gasteiger charge is -2.40. The van der Waals surface area contributed by atoms with E-state index in [1.54, 1.807) is 11.2 Å². The number of urea groups is 1. The van der Waals surface area contributed by atoms with E-state index >= 15 is 0 Å². The zero-order valence-electron chi connectivity index (χ0n) is 12.6. The predicted molar refractivity (Wildman–Crippen MR) is 85.1 cm³/mol. The molecule has 8 nitrogen and oxygen atoms in total. The van der Waals surface area contributed by atoms with E-state index in [2.05, 4.69) is 19.8 Å². The number of aromatic nitrogens is 2. The third-order valence-corrected chi connectivity index (χ3v) is 4.46. The van der Waals surface area contributed by atoms with E-state index < -0.39 is 0 Å². The molecule has 0 bridgehead atoms. The molecule has 2 N–H and O–H groups in total. The number of piperazine rings is 1. The molecule has 1 aliphatic heterocycles. The standard InChI is InChI=1S/C14H19N5O3S/c20-6-3-11-9-19(14(21)16-13-8-15-17-23-13)5-4-18(11)10-12-2-1-7-22-12/h1-2,7-8,11,20H,3-6,9-10H2,(H,16,21). The van der Waals surface area contributed by atoms with Gasteiger partial charge in [0.25, 0.3) is 0 Å². The van der Waals surface area contributed by atoms with E-state index in [9.17, 15) is 9.90 Å². The number of aliphatic hydroxyl groups excluding tert-OH is 1. The maximum atomic E-state index is 12.3. The minimum absolute atomic E-state index is 0.0908. The molecule has 2 aromatic heterocycles. The largest absolute Gasteiger partial charge is 0.468 e. The van der Waals surface area contributed by atoms with Crippen molar-refractivity contribution in [2.75, 3.05) is 31.6 Å². The second-order valence-electron chi connectivity index (χ2n) is 5.37. The Balaban J connectivity index is 1.60. The summed E-state index contributed by atoms with van der Waals surface area (Å²) in [5, 5.41) is 16.4. The minimum Gasteiger partial charge on any atom is -0.468 e. The Hall–Kier alpha value is -1.97. The van der Waals surface area contributed by atoms with Gasteiger partial charge in [-0.15, -0.1) is 5.10 Å². The van der Waals surface area contributed by atoms with Crippen molar-refractivity contribution in [3.8, 4) is 0 Å². The van der Waals surface area contributed by atoms with Gasteiger partial charge in [0.2, 0.25) is 0 Å². The summed E-state index contributed by atoms with van der Waals surface area (Å²) in [4.78, 5) is 16.3. The molecule has 0 radical (unpaired) electrons. The number of carbonyl (C=O) groups is 1. The number of nitrogens with one attached hydrogen (secondary N) is 1. The molecule has 2 amide bonds. The van der Waals surface area contributed by atoms with Gasteiger partial charge in [0, 0.05) is 43.8 Å². The van der Waals surface area contributed by atoms with E-state index in [1.165, 1.54) is 6.20 Å². The Bertz CT molecular complexity index is 604. The van der Waals surface area contributed by atoms with E-state index in [1.807, 2.05) is 12.1 Å². The van der Waals surface area contributed by atoms with Crippen molar-refractivity contribution in [1.82, 2.24) is 19.4 Å². The number of aliphatic hydroxyl groups is 1. The van der Waals surface area contributed by atoms with Gasteiger partial charge in [-0.25, -0.2) is 4.79 Å². The van der Waals surface area contributed by atoms with Crippen LogP contribution in [0.25, 0.3) is 0 Å². The fourth-order valence-electron chi connectivity index (χ4n) is 2.72. The molecule has 0 saturated carbocycles. The number of furan rings is 1. The highest BCUT2D eigenvalue weighted by Crippen LogP contribution is 2.18. The van der Waals surface area contributed by atoms with Crippen LogP contribution in [0, 0.1) is 0 Å². The number of rotatable bonds is 5. The van der Waals surface area contributed by atoms with Gasteiger partial charge in [0.05, 0.1) is 19.0 Å². The van der Waals surface area contributed by atoms with Crippen LogP contribution in [-0.4, -0.2) is 62.8 Å². The molecular formula is C14H19N5O3S. The van der Waals surface area contributed by atoms with Crippen LogP contribution in [0.3, 0.4) is 0 Å². The molecular weight excluding hydrogens is 318 g/mol. The van der Waals surface area contributed by atoms with Crippen molar-refractivity contribution in [1.29, 1.82) is 0 Å². The average molecular weight is 337 g/mol. The van der Waals surface area contributed by atoms with Crippen LogP contribution in [0.5, 0.6) is 0 Å². The summed E-state index contributed by atoms with van der Waals surface area (Å²) in [6.45, 7) is 2.71. The van der Waals surface area contributed by atoms with Gasteiger partial charge in [-0.05, 0) is 18.6 Å². The van der Waals surface area contributed by atoms with Crippen molar-refractivity contribution >= 4 is 22.6 Å². The van der Waals surface area contributed by atoms with Crippen molar-refractivity contribution in [2.45, 2.75) is 19.0 Å². The summed E-state index contributed by atoms with van der Waals surface area (Å²) >= 11 is 1.15. The molecule has 0 aliphatic carbocycles. The van der Waals surface area contributed by atoms with Gasteiger partial charge in [-0.3, -0.25) is 10.2 Å². The summed E-state index contributed by atoms with van der Waals surface area (Å²) in [5.74, 6) is 0.890. The normalized spacial score (nSPS) is 19.0. The van der Waals surface area contributed by atoms with Gasteiger partial charge in [0.1, 0.15) is 10.8 Å². The highest BCUT2D eigenvalue weighted by molar-refractivity contribution is 7.10. The first-order valence-corrected chi connectivity index (χ1v) is 8.24. The van der Waals surface area contributed by atoms with Gasteiger partial charge < -0.3 is 14.4 Å². The molecule has 1 fully saturated rings. The molecule has 3 rings (SSSR count). The van der Waals surface area contributed by atoms with Gasteiger partial charge in [0.15, 0.2) is 0 Å². The molecule has 1 saturated heterocycles. The number of hydrogen-bond acceptors (Lipinski definition) is 7. The first-order chi connectivity index (χ1) is 11.3. The lowest BCUT2D eigenvalue weighted by Crippen LogP contribution is -2.55. The first kappa shape index (κ1) is 15.9. The maximum absolute atomic E-state index is 12.3. The Morgan fingerprint density at radius 1 is 1.52 bits per heavy atom. The highest BCUT2D eigenvalue weighted by atomic mass is 32.1. The summed E-state index contributed by atoms with van der Waals surface area (Å²) in [5.41, 5.74) is 0. The molecule has 0 spiro atoms. The smallest absolute Gasteiger partial charge is 0.322 e. The van der Waals surface area contributed by atoms with Crippen LogP contribution in [0.4, 0.5) is 9.80 Å². The zero-order chi connectivity index (χ0) is 16.1. The van der Waals surface area contributed by atoms with Crippen LogP contribution in [0.1, 0.15) is 12.2 Å². The number of nitrogens with zero attached hydrogens (tertiary/aromatic N) is 4. The van der Waals surface area contributed by atoms with Crippen LogP contribution in [-0.2, 0) is 6.54 Å². The van der Waals surface area contributed by atoms with E-state index in [0.29, 0.717) is 31.1 Å². The van der Waals surface area contributed by atoms with Crippen LogP contribution in [0.2, 0.25) is 0 Å². The molecule has 9 heteroatoms. The lowest BCUT2D eigenvalue weighted by atomic mass is 10.1. The SMILES string of the molecule is O=C(Nc1cnns1)N1CCN(Cc2ccco2)C(CCO)C1. The number of carbonyl (C=O) groups excluding carboxylic acids is 1. The van der Waals surface area contributed by atoms with Crippen molar-refractivity contribution in [3.63, 3.8) is 0 Å². The average Bonchev–Trinajstić information content (AvgIpc) is 3.23. The maximum Gasteiger partial charge on any atom is 0.322 e. The monoisotopic (exact) mass is 337 g/mol. The minimum atomic E-state index is -0.156. The van der Waals surface area contributed by atoms with Crippen molar-refractivity contribution in [2.24, 2.45) is 0 Å². The van der Waals surface area contributed by atoms with Crippen LogP contribution >= 0.6 is 11.5 Å². The highest BCUT2D eigenvalue weighted by Gasteiger charge is 2.29. The second kappa shape index (κ2) is 7.53. The molecule has 1 unspecified atom stereocenters. The molecule has 124 valence electrons. The Morgan fingerprint density at radius 3 is 3.13 bits per heavy atom. The molecule has 2 aromatic rings. The van der Waals surface area contributed by atoms with Crippen molar-refractivity contribution in [3.05, 3.63) is 30.4 Å². The number of amides is 2. The molecule has 3 heterocycles. The predicted octanol–water partition coefficient (Wildman–Crippen LogP) is 1.23. The van der Waals surface area contributed by atoms with Gasteiger partial charge >= 0.3 is 6.03 Å². The summed E-state index contributed by atoms with van der Waals surface area (Å²) in [6.07, 6.45) is 3.80. The Kier molecular flexibility index (Phi) is 5.21. The fourth-order valence-corrected chi connectivity index (χ4v) is 3.13. The van der Waals surface area contributed by atoms with E-state index in [-0.39, 0.29) is 18.7 Å². The first-order valence-electron chi connectivity index (χ1n) is 7.47. The quantitative estimate of drug-likeness (QED) is 0.852. The summed E-state index contributed by atoms with van der Waals surface area (Å²) in [7, 11) is 0. The summed E-state index contributed by atoms with van der Waals surface area (Å²) < 4.78 is 9.12. The van der Waals surface area contributed by atoms with Crippen LogP contribution < -0.4 is 5.32 Å². The molecule has 1 atom stereocenters. The van der Waals surface area contributed by atoms with Crippen molar-refractivity contribution < 1.29 is 14.3 Å². The summed E-state index contributed by atoms with van der Waals surface area (Å²) in [6, 6.07) is 3.75. The number of hydrogen-bond donors (Lipinski definition) is 2. The van der Waals surface area contributed by atoms with E-state index in [0.717, 1.165) is 23.8 Å².